The quantitative estimate of drug-likeness (QED) is 0.885. The van der Waals surface area contributed by atoms with Crippen molar-refractivity contribution in [3.63, 3.8) is 0 Å². The van der Waals surface area contributed by atoms with Gasteiger partial charge in [-0.1, -0.05) is 18.5 Å². The van der Waals surface area contributed by atoms with Crippen LogP contribution < -0.4 is 15.8 Å². The third-order valence-corrected chi connectivity index (χ3v) is 3.37. The lowest BCUT2D eigenvalue weighted by molar-refractivity contribution is -0.121. The van der Waals surface area contributed by atoms with E-state index >= 15 is 0 Å². The number of hydrogen-bond acceptors (Lipinski definition) is 4. The number of nitrogens with one attached hydrogen (secondary N) is 1. The predicted octanol–water partition coefficient (Wildman–Crippen LogP) is 1.60. The van der Waals surface area contributed by atoms with Crippen LogP contribution in [0.15, 0.2) is 12.1 Å². The Labute approximate surface area is 120 Å². The van der Waals surface area contributed by atoms with Crippen LogP contribution in [0.5, 0.6) is 5.75 Å². The monoisotopic (exact) mass is 296 g/mol. The Morgan fingerprint density at radius 2 is 2.20 bits per heavy atom. The Bertz CT molecular complexity index is 600. The number of imide groups is 1. The normalized spacial score (nSPS) is 16.7. The molecule has 106 valence electrons. The highest BCUT2D eigenvalue weighted by Gasteiger charge is 2.31. The second-order valence-electron chi connectivity index (χ2n) is 4.56. The molecule has 0 bridgehead atoms. The van der Waals surface area contributed by atoms with Gasteiger partial charge in [0.15, 0.2) is 12.4 Å². The maximum Gasteiger partial charge on any atom is 0.318 e. The highest BCUT2D eigenvalue weighted by Crippen LogP contribution is 2.42. The average Bonchev–Trinajstić information content (AvgIpc) is 2.64. The first-order valence-corrected chi connectivity index (χ1v) is 6.35. The number of carbonyl (C=O) groups is 3. The summed E-state index contributed by atoms with van der Waals surface area (Å²) in [6, 6.07) is 2.20. The van der Waals surface area contributed by atoms with E-state index in [2.05, 4.69) is 0 Å². The lowest BCUT2D eigenvalue weighted by Gasteiger charge is -2.11. The molecule has 2 rings (SSSR count). The third kappa shape index (κ3) is 2.75. The summed E-state index contributed by atoms with van der Waals surface area (Å²) >= 11 is 6.09. The number of benzene rings is 1. The largest absolute Gasteiger partial charge is 0.483 e. The van der Waals surface area contributed by atoms with E-state index in [-0.39, 0.29) is 11.7 Å². The molecule has 0 saturated carbocycles. The summed E-state index contributed by atoms with van der Waals surface area (Å²) in [6.07, 6.45) is 0.364. The minimum Gasteiger partial charge on any atom is -0.483 e. The van der Waals surface area contributed by atoms with Gasteiger partial charge in [0.1, 0.15) is 5.75 Å². The molecule has 1 aromatic carbocycles. The Hall–Kier alpha value is -2.08. The van der Waals surface area contributed by atoms with Crippen molar-refractivity contribution in [2.45, 2.75) is 19.3 Å². The van der Waals surface area contributed by atoms with Crippen molar-refractivity contribution in [1.82, 2.24) is 5.32 Å². The number of hydrogen-bond donors (Lipinski definition) is 2. The van der Waals surface area contributed by atoms with Gasteiger partial charge in [0.25, 0.3) is 5.91 Å². The van der Waals surface area contributed by atoms with Crippen LogP contribution in [0.1, 0.15) is 35.2 Å². The number of nitrogens with two attached hydrogens (primary N) is 1. The van der Waals surface area contributed by atoms with E-state index in [9.17, 15) is 14.4 Å². The average molecular weight is 297 g/mol. The van der Waals surface area contributed by atoms with E-state index < -0.39 is 18.5 Å². The standard InChI is InChI=1S/C13H13ClN2O4/c1-6-4-8(17)12-9(3-2-7(14)11(6)12)20-5-10(18)16-13(15)19/h2-3,6H,4-5H2,1H3,(H3,15,16,18,19). The summed E-state index contributed by atoms with van der Waals surface area (Å²) in [6.45, 7) is 1.50. The van der Waals surface area contributed by atoms with E-state index in [0.29, 0.717) is 22.8 Å². The van der Waals surface area contributed by atoms with Crippen LogP contribution in [0.2, 0.25) is 5.02 Å². The fraction of sp³-hybridized carbons (Fsp3) is 0.308. The number of rotatable bonds is 3. The van der Waals surface area contributed by atoms with Crippen molar-refractivity contribution < 1.29 is 19.1 Å². The van der Waals surface area contributed by atoms with Crippen molar-refractivity contribution in [1.29, 1.82) is 0 Å². The zero-order chi connectivity index (χ0) is 14.9. The Morgan fingerprint density at radius 1 is 1.50 bits per heavy atom. The van der Waals surface area contributed by atoms with Crippen LogP contribution in [0.25, 0.3) is 0 Å². The summed E-state index contributed by atoms with van der Waals surface area (Å²) in [4.78, 5) is 33.8. The molecule has 1 aromatic rings. The molecule has 1 aliphatic rings. The van der Waals surface area contributed by atoms with Gasteiger partial charge in [-0.15, -0.1) is 0 Å². The van der Waals surface area contributed by atoms with E-state index in [1.807, 2.05) is 12.2 Å². The van der Waals surface area contributed by atoms with Gasteiger partial charge < -0.3 is 10.5 Å². The van der Waals surface area contributed by atoms with E-state index in [0.717, 1.165) is 5.56 Å². The van der Waals surface area contributed by atoms with Gasteiger partial charge in [-0.05, 0) is 23.6 Å². The van der Waals surface area contributed by atoms with Crippen molar-refractivity contribution in [2.75, 3.05) is 6.61 Å². The Balaban J connectivity index is 2.20. The van der Waals surface area contributed by atoms with E-state index in [4.69, 9.17) is 22.1 Å². The van der Waals surface area contributed by atoms with Crippen LogP contribution in [-0.2, 0) is 4.79 Å². The van der Waals surface area contributed by atoms with Crippen LogP contribution in [0.3, 0.4) is 0 Å². The van der Waals surface area contributed by atoms with Gasteiger partial charge in [0, 0.05) is 11.4 Å². The number of Topliss-reactive ketones (excluding diaryl/α,β-unsaturated/α-hetero) is 1. The molecule has 6 nitrogen and oxygen atoms in total. The highest BCUT2D eigenvalue weighted by atomic mass is 35.5. The molecule has 0 spiro atoms. The molecule has 0 aliphatic heterocycles. The van der Waals surface area contributed by atoms with Gasteiger partial charge in [-0.2, -0.15) is 0 Å². The lowest BCUT2D eigenvalue weighted by atomic mass is 10.0. The fourth-order valence-corrected chi connectivity index (χ4v) is 2.61. The van der Waals surface area contributed by atoms with Gasteiger partial charge in [-0.25, -0.2) is 4.79 Å². The highest BCUT2D eigenvalue weighted by molar-refractivity contribution is 6.32. The lowest BCUT2D eigenvalue weighted by Crippen LogP contribution is -2.38. The molecular formula is C13H13ClN2O4. The smallest absolute Gasteiger partial charge is 0.318 e. The Morgan fingerprint density at radius 3 is 2.85 bits per heavy atom. The first-order valence-electron chi connectivity index (χ1n) is 5.97. The van der Waals surface area contributed by atoms with Crippen LogP contribution in [0, 0.1) is 0 Å². The molecule has 0 saturated heterocycles. The summed E-state index contributed by atoms with van der Waals surface area (Å²) in [5, 5.41) is 2.38. The van der Waals surface area contributed by atoms with Crippen molar-refractivity contribution >= 4 is 29.3 Å². The molecule has 3 N–H and O–H groups in total. The number of fused-ring (bicyclic) bond motifs is 1. The molecule has 20 heavy (non-hydrogen) atoms. The number of halogens is 1. The molecule has 0 radical (unpaired) electrons. The van der Waals surface area contributed by atoms with Gasteiger partial charge in [0.05, 0.1) is 5.56 Å². The molecule has 0 aromatic heterocycles. The molecule has 1 aliphatic carbocycles. The summed E-state index contributed by atoms with van der Waals surface area (Å²) in [5.74, 6) is -0.439. The minimum absolute atomic E-state index is 0.0213. The number of urea groups is 1. The molecule has 7 heteroatoms. The maximum atomic E-state index is 12.0. The molecule has 1 atom stereocenters. The Kier molecular flexibility index (Phi) is 3.94. The maximum absolute atomic E-state index is 12.0. The van der Waals surface area contributed by atoms with Gasteiger partial charge in [0.2, 0.25) is 0 Å². The van der Waals surface area contributed by atoms with Crippen molar-refractivity contribution in [3.05, 3.63) is 28.3 Å². The zero-order valence-corrected chi connectivity index (χ0v) is 11.5. The summed E-state index contributed by atoms with van der Waals surface area (Å²) in [7, 11) is 0. The molecule has 0 fully saturated rings. The van der Waals surface area contributed by atoms with E-state index in [1.54, 1.807) is 6.07 Å². The zero-order valence-electron chi connectivity index (χ0n) is 10.7. The summed E-state index contributed by atoms with van der Waals surface area (Å²) in [5.41, 5.74) is 5.97. The van der Waals surface area contributed by atoms with Crippen LogP contribution in [-0.4, -0.2) is 24.3 Å². The molecule has 0 heterocycles. The number of ether oxygens (including phenoxy) is 1. The van der Waals surface area contributed by atoms with Gasteiger partial charge in [-0.3, -0.25) is 14.9 Å². The van der Waals surface area contributed by atoms with Crippen LogP contribution in [0.4, 0.5) is 4.79 Å². The minimum atomic E-state index is -0.954. The number of primary amides is 1. The number of carbonyl (C=O) groups excluding carboxylic acids is 3. The third-order valence-electron chi connectivity index (χ3n) is 3.04. The fourth-order valence-electron chi connectivity index (χ4n) is 2.26. The first kappa shape index (κ1) is 14.3. The molecule has 1 unspecified atom stereocenters. The van der Waals surface area contributed by atoms with E-state index in [1.165, 1.54) is 6.07 Å². The topological polar surface area (TPSA) is 98.5 Å². The SMILES string of the molecule is CC1CC(=O)c2c(OCC(=O)NC(N)=O)ccc(Cl)c21. The molecular weight excluding hydrogens is 284 g/mol. The predicted molar refractivity (Wildman–Crippen MR) is 72.0 cm³/mol. The number of amides is 3. The summed E-state index contributed by atoms with van der Waals surface area (Å²) < 4.78 is 5.29. The van der Waals surface area contributed by atoms with Gasteiger partial charge >= 0.3 is 6.03 Å². The molecule has 3 amide bonds. The van der Waals surface area contributed by atoms with Crippen molar-refractivity contribution in [3.8, 4) is 5.75 Å². The second-order valence-corrected chi connectivity index (χ2v) is 4.97. The van der Waals surface area contributed by atoms with Crippen LogP contribution >= 0.6 is 11.6 Å². The van der Waals surface area contributed by atoms with Crippen molar-refractivity contribution in [2.24, 2.45) is 5.73 Å². The number of ketones is 1. The first-order chi connectivity index (χ1) is 9.40. The second kappa shape index (κ2) is 5.50.